The summed E-state index contributed by atoms with van der Waals surface area (Å²) < 4.78 is 8.48. The smallest absolute Gasteiger partial charge is 0.238 e. The van der Waals surface area contributed by atoms with Crippen LogP contribution in [0.25, 0.3) is 28.1 Å². The van der Waals surface area contributed by atoms with Gasteiger partial charge in [-0.1, -0.05) is 78.9 Å². The van der Waals surface area contributed by atoms with Crippen molar-refractivity contribution >= 4 is 12.1 Å². The Labute approximate surface area is 205 Å². The molecule has 0 saturated heterocycles. The molecule has 0 radical (unpaired) electrons. The van der Waals surface area contributed by atoms with Gasteiger partial charge in [0.25, 0.3) is 0 Å². The lowest BCUT2D eigenvalue weighted by Gasteiger charge is -2.12. The molecule has 5 rings (SSSR count). The molecule has 2 heterocycles. The summed E-state index contributed by atoms with van der Waals surface area (Å²) in [7, 11) is 0. The first-order chi connectivity index (χ1) is 17.1. The molecule has 0 spiro atoms. The Kier molecular flexibility index (Phi) is 5.91. The zero-order valence-corrected chi connectivity index (χ0v) is 20.0. The Bertz CT molecular complexity index is 1570. The molecule has 0 bridgehead atoms. The second-order valence-electron chi connectivity index (χ2n) is 8.54. The molecule has 0 aliphatic heterocycles. The third kappa shape index (κ3) is 4.09. The molecule has 0 aliphatic rings. The van der Waals surface area contributed by atoms with Gasteiger partial charge in [0.05, 0.1) is 0 Å². The lowest BCUT2D eigenvalue weighted by Crippen LogP contribution is -2.01. The highest BCUT2D eigenvalue weighted by Crippen LogP contribution is 2.42. The van der Waals surface area contributed by atoms with Crippen LogP contribution in [0, 0.1) is 32.1 Å². The molecule has 0 unspecified atom stereocenters. The second-order valence-corrected chi connectivity index (χ2v) is 8.54. The van der Waals surface area contributed by atoms with Crippen LogP contribution in [0.1, 0.15) is 28.1 Å². The van der Waals surface area contributed by atoms with Crippen LogP contribution in [0.5, 0.6) is 0 Å². The number of aryl methyl sites for hydroxylation is 2. The van der Waals surface area contributed by atoms with Crippen molar-refractivity contribution in [1.29, 1.82) is 5.26 Å². The van der Waals surface area contributed by atoms with Gasteiger partial charge in [0, 0.05) is 40.0 Å². The zero-order chi connectivity index (χ0) is 24.4. The summed E-state index contributed by atoms with van der Waals surface area (Å²) in [6, 6.07) is 32.5. The van der Waals surface area contributed by atoms with Crippen molar-refractivity contribution < 1.29 is 4.42 Å². The van der Waals surface area contributed by atoms with E-state index in [-0.39, 0.29) is 0 Å². The third-order valence-corrected chi connectivity index (χ3v) is 6.25. The summed E-state index contributed by atoms with van der Waals surface area (Å²) in [6.45, 7) is 6.28. The van der Waals surface area contributed by atoms with Crippen molar-refractivity contribution in [2.75, 3.05) is 0 Å². The van der Waals surface area contributed by atoms with E-state index in [9.17, 15) is 5.26 Å². The maximum absolute atomic E-state index is 10.1. The maximum Gasteiger partial charge on any atom is 0.238 e. The van der Waals surface area contributed by atoms with E-state index in [1.54, 1.807) is 6.21 Å². The van der Waals surface area contributed by atoms with Crippen molar-refractivity contribution in [2.24, 2.45) is 4.99 Å². The number of furan rings is 1. The number of aliphatic imine (C=N–C) groups is 1. The van der Waals surface area contributed by atoms with Crippen LogP contribution in [0.2, 0.25) is 0 Å². The van der Waals surface area contributed by atoms with Gasteiger partial charge in [0.2, 0.25) is 5.88 Å². The van der Waals surface area contributed by atoms with E-state index in [1.165, 1.54) is 5.56 Å². The minimum Gasteiger partial charge on any atom is -0.436 e. The quantitative estimate of drug-likeness (QED) is 0.252. The monoisotopic (exact) mass is 455 g/mol. The molecule has 170 valence electrons. The average molecular weight is 456 g/mol. The Morgan fingerprint density at radius 2 is 1.46 bits per heavy atom. The molecule has 2 aromatic heterocycles. The van der Waals surface area contributed by atoms with Crippen LogP contribution in [0.15, 0.2) is 100 Å². The summed E-state index contributed by atoms with van der Waals surface area (Å²) in [5.41, 5.74) is 8.55. The standard InChI is InChI=1S/C31H25N3O/c1-21-12-10-11-17-28(21)34-22(2)18-26(23(34)3)20-33-31-27(19-32)29(24-13-6-4-7-14-24)30(35-31)25-15-8-5-9-16-25/h4-18,20H,1-3H3. The summed E-state index contributed by atoms with van der Waals surface area (Å²) in [5.74, 6) is 0.955. The fraction of sp³-hybridized carbons (Fsp3) is 0.0968. The molecular weight excluding hydrogens is 430 g/mol. The van der Waals surface area contributed by atoms with Crippen LogP contribution < -0.4 is 0 Å². The summed E-state index contributed by atoms with van der Waals surface area (Å²) in [4.78, 5) is 4.68. The molecule has 35 heavy (non-hydrogen) atoms. The number of nitriles is 1. The number of aromatic nitrogens is 1. The molecule has 5 aromatic rings. The number of benzene rings is 3. The molecule has 3 aromatic carbocycles. The first-order valence-corrected chi connectivity index (χ1v) is 11.5. The fourth-order valence-corrected chi connectivity index (χ4v) is 4.52. The van der Waals surface area contributed by atoms with Crippen LogP contribution in [-0.2, 0) is 0 Å². The highest BCUT2D eigenvalue weighted by molar-refractivity contribution is 5.90. The number of nitrogens with zero attached hydrogens (tertiary/aromatic N) is 3. The number of rotatable bonds is 5. The number of hydrogen-bond acceptors (Lipinski definition) is 3. The van der Waals surface area contributed by atoms with Gasteiger partial charge < -0.3 is 8.98 Å². The molecule has 0 fully saturated rings. The van der Waals surface area contributed by atoms with Gasteiger partial charge >= 0.3 is 0 Å². The van der Waals surface area contributed by atoms with Gasteiger partial charge in [-0.25, -0.2) is 4.99 Å². The Morgan fingerprint density at radius 3 is 2.11 bits per heavy atom. The molecule has 0 N–H and O–H groups in total. The minimum absolute atomic E-state index is 0.311. The van der Waals surface area contributed by atoms with Gasteiger partial charge in [0.1, 0.15) is 17.4 Å². The summed E-state index contributed by atoms with van der Waals surface area (Å²) in [6.07, 6.45) is 1.79. The van der Waals surface area contributed by atoms with Crippen molar-refractivity contribution in [3.63, 3.8) is 0 Å². The van der Waals surface area contributed by atoms with Crippen LogP contribution in [0.3, 0.4) is 0 Å². The highest BCUT2D eigenvalue weighted by Gasteiger charge is 2.22. The Morgan fingerprint density at radius 1 is 0.829 bits per heavy atom. The average Bonchev–Trinajstić information content (AvgIpc) is 3.40. The zero-order valence-electron chi connectivity index (χ0n) is 20.0. The van der Waals surface area contributed by atoms with Crippen molar-refractivity contribution in [3.8, 4) is 34.2 Å². The Hall–Kier alpha value is -4.62. The number of hydrogen-bond donors (Lipinski definition) is 0. The van der Waals surface area contributed by atoms with Crippen molar-refractivity contribution in [2.45, 2.75) is 20.8 Å². The van der Waals surface area contributed by atoms with E-state index >= 15 is 0 Å². The van der Waals surface area contributed by atoms with E-state index in [0.29, 0.717) is 17.2 Å². The van der Waals surface area contributed by atoms with E-state index in [4.69, 9.17) is 4.42 Å². The Balaban J connectivity index is 1.63. The lowest BCUT2D eigenvalue weighted by molar-refractivity contribution is 0.593. The second kappa shape index (κ2) is 9.32. The predicted molar refractivity (Wildman–Crippen MR) is 142 cm³/mol. The van der Waals surface area contributed by atoms with E-state index in [1.807, 2.05) is 72.8 Å². The summed E-state index contributed by atoms with van der Waals surface area (Å²) in [5, 5.41) is 10.1. The lowest BCUT2D eigenvalue weighted by atomic mass is 9.98. The van der Waals surface area contributed by atoms with Crippen molar-refractivity contribution in [3.05, 3.63) is 119 Å². The topological polar surface area (TPSA) is 54.2 Å². The molecule has 0 aliphatic carbocycles. The number of para-hydroxylation sites is 1. The van der Waals surface area contributed by atoms with Crippen LogP contribution in [-0.4, -0.2) is 10.8 Å². The predicted octanol–water partition coefficient (Wildman–Crippen LogP) is 7.95. The van der Waals surface area contributed by atoms with E-state index in [2.05, 4.69) is 54.6 Å². The van der Waals surface area contributed by atoms with Gasteiger partial charge in [0.15, 0.2) is 0 Å². The highest BCUT2D eigenvalue weighted by atomic mass is 16.4. The normalized spacial score (nSPS) is 11.1. The van der Waals surface area contributed by atoms with E-state index in [0.717, 1.165) is 39.3 Å². The van der Waals surface area contributed by atoms with Gasteiger partial charge in [-0.2, -0.15) is 5.26 Å². The summed E-state index contributed by atoms with van der Waals surface area (Å²) >= 11 is 0. The maximum atomic E-state index is 10.1. The molecule has 4 nitrogen and oxygen atoms in total. The molecule has 0 saturated carbocycles. The molecule has 0 amide bonds. The molecular formula is C31H25N3O. The van der Waals surface area contributed by atoms with E-state index < -0.39 is 0 Å². The van der Waals surface area contributed by atoms with Crippen LogP contribution >= 0.6 is 0 Å². The van der Waals surface area contributed by atoms with Crippen molar-refractivity contribution in [1.82, 2.24) is 4.57 Å². The fourth-order valence-electron chi connectivity index (χ4n) is 4.52. The third-order valence-electron chi connectivity index (χ3n) is 6.25. The minimum atomic E-state index is 0.311. The first-order valence-electron chi connectivity index (χ1n) is 11.5. The first kappa shape index (κ1) is 22.2. The largest absolute Gasteiger partial charge is 0.436 e. The van der Waals surface area contributed by atoms with Crippen LogP contribution in [0.4, 0.5) is 5.88 Å². The van der Waals surface area contributed by atoms with Gasteiger partial charge in [-0.15, -0.1) is 0 Å². The molecule has 4 heteroatoms. The van der Waals surface area contributed by atoms with Gasteiger partial charge in [-0.05, 0) is 44.0 Å². The SMILES string of the molecule is Cc1ccccc1-n1c(C)cc(C=Nc2oc(-c3ccccc3)c(-c3ccccc3)c2C#N)c1C. The molecule has 0 atom stereocenters. The van der Waals surface area contributed by atoms with Gasteiger partial charge in [-0.3, -0.25) is 0 Å².